The molecule has 0 atom stereocenters. The number of furan rings is 1. The van der Waals surface area contributed by atoms with E-state index in [0.29, 0.717) is 24.5 Å². The summed E-state index contributed by atoms with van der Waals surface area (Å²) in [5, 5.41) is 16.0. The quantitative estimate of drug-likeness (QED) is 0.646. The van der Waals surface area contributed by atoms with Gasteiger partial charge in [-0.25, -0.2) is 0 Å². The molecular formula is C15H14N4O5. The van der Waals surface area contributed by atoms with Crippen LogP contribution in [0, 0.1) is 10.1 Å². The Hall–Kier alpha value is -3.36. The lowest BCUT2D eigenvalue weighted by atomic mass is 10.2. The maximum absolute atomic E-state index is 12.2. The smallest absolute Gasteiger partial charge is 0.395 e. The molecule has 1 aliphatic heterocycles. The fraction of sp³-hybridized carbons (Fsp3) is 0.200. The molecule has 24 heavy (non-hydrogen) atoms. The molecule has 0 radical (unpaired) electrons. The van der Waals surface area contributed by atoms with Crippen molar-refractivity contribution >= 4 is 29.1 Å². The normalized spacial score (nSPS) is 14.2. The van der Waals surface area contributed by atoms with Gasteiger partial charge in [0.05, 0.1) is 24.0 Å². The minimum absolute atomic E-state index is 0.0935. The summed E-state index contributed by atoms with van der Waals surface area (Å²) in [5.41, 5.74) is 1.19. The largest absolute Gasteiger partial charge is 0.433 e. The van der Waals surface area contributed by atoms with Crippen LogP contribution in [0.3, 0.4) is 0 Å². The highest BCUT2D eigenvalue weighted by molar-refractivity contribution is 6.04. The Balaban J connectivity index is 1.80. The molecule has 9 nitrogen and oxygen atoms in total. The topological polar surface area (TPSA) is 118 Å². The summed E-state index contributed by atoms with van der Waals surface area (Å²) >= 11 is 0. The number of carbonyl (C=O) groups is 2. The molecule has 2 amide bonds. The molecule has 0 aliphatic carbocycles. The van der Waals surface area contributed by atoms with Gasteiger partial charge in [-0.15, -0.1) is 0 Å². The Labute approximate surface area is 136 Å². The van der Waals surface area contributed by atoms with Crippen LogP contribution in [0.4, 0.5) is 17.3 Å². The van der Waals surface area contributed by atoms with E-state index in [1.54, 1.807) is 24.3 Å². The number of nitrogens with one attached hydrogen (secondary N) is 2. The lowest BCUT2D eigenvalue weighted by molar-refractivity contribution is -0.402. The Bertz CT molecular complexity index is 801. The molecule has 2 N–H and O–H groups in total. The molecular weight excluding hydrogens is 316 g/mol. The second-order valence-electron chi connectivity index (χ2n) is 5.14. The molecule has 2 heterocycles. The molecule has 0 saturated carbocycles. The van der Waals surface area contributed by atoms with Crippen molar-refractivity contribution in [1.29, 1.82) is 0 Å². The summed E-state index contributed by atoms with van der Waals surface area (Å²) in [6.45, 7) is 1.33. The minimum atomic E-state index is -0.711. The van der Waals surface area contributed by atoms with Crippen molar-refractivity contribution in [2.45, 2.75) is 0 Å². The van der Waals surface area contributed by atoms with Crippen molar-refractivity contribution in [3.63, 3.8) is 0 Å². The maximum Gasteiger partial charge on any atom is 0.433 e. The van der Waals surface area contributed by atoms with Crippen molar-refractivity contribution in [1.82, 2.24) is 5.32 Å². The third kappa shape index (κ3) is 3.19. The Morgan fingerprint density at radius 1 is 1.29 bits per heavy atom. The molecule has 3 rings (SSSR count). The second kappa shape index (κ2) is 6.41. The van der Waals surface area contributed by atoms with Crippen molar-refractivity contribution in [2.75, 3.05) is 29.9 Å². The summed E-state index contributed by atoms with van der Waals surface area (Å²) in [7, 11) is 0. The Morgan fingerprint density at radius 2 is 2.08 bits per heavy atom. The molecule has 124 valence electrons. The summed E-state index contributed by atoms with van der Waals surface area (Å²) in [6, 6.07) is 9.39. The Morgan fingerprint density at radius 3 is 2.79 bits per heavy atom. The van der Waals surface area contributed by atoms with E-state index < -0.39 is 16.7 Å². The average Bonchev–Trinajstić information content (AvgIpc) is 3.06. The van der Waals surface area contributed by atoms with Gasteiger partial charge in [0.2, 0.25) is 5.91 Å². The highest BCUT2D eigenvalue weighted by atomic mass is 16.6. The van der Waals surface area contributed by atoms with Crippen LogP contribution >= 0.6 is 0 Å². The van der Waals surface area contributed by atoms with Gasteiger partial charge < -0.3 is 20.0 Å². The van der Waals surface area contributed by atoms with Crippen LogP contribution in [0.25, 0.3) is 0 Å². The van der Waals surface area contributed by atoms with Gasteiger partial charge in [-0.2, -0.15) is 0 Å². The number of nitrogens with zero attached hydrogens (tertiary/aromatic N) is 2. The summed E-state index contributed by atoms with van der Waals surface area (Å²) in [5.74, 6) is -1.35. The van der Waals surface area contributed by atoms with Crippen molar-refractivity contribution < 1.29 is 18.9 Å². The van der Waals surface area contributed by atoms with E-state index in [1.165, 1.54) is 6.07 Å². The number of amides is 2. The first-order valence-electron chi connectivity index (χ1n) is 7.21. The highest BCUT2D eigenvalue weighted by Crippen LogP contribution is 2.27. The van der Waals surface area contributed by atoms with Gasteiger partial charge in [0.1, 0.15) is 4.92 Å². The monoisotopic (exact) mass is 330 g/mol. The average molecular weight is 330 g/mol. The first-order chi connectivity index (χ1) is 11.5. The molecule has 1 aromatic carbocycles. The van der Waals surface area contributed by atoms with E-state index in [2.05, 4.69) is 10.6 Å². The van der Waals surface area contributed by atoms with E-state index in [-0.39, 0.29) is 18.2 Å². The number of benzene rings is 1. The number of anilines is 2. The van der Waals surface area contributed by atoms with Crippen molar-refractivity contribution in [2.24, 2.45) is 0 Å². The van der Waals surface area contributed by atoms with Crippen LogP contribution in [0.1, 0.15) is 10.6 Å². The second-order valence-corrected chi connectivity index (χ2v) is 5.14. The van der Waals surface area contributed by atoms with Crippen molar-refractivity contribution in [3.05, 3.63) is 52.3 Å². The number of hydrogen-bond donors (Lipinski definition) is 2. The van der Waals surface area contributed by atoms with Gasteiger partial charge in [0, 0.05) is 13.1 Å². The number of para-hydroxylation sites is 2. The van der Waals surface area contributed by atoms with Gasteiger partial charge in [-0.05, 0) is 18.2 Å². The van der Waals surface area contributed by atoms with Crippen LogP contribution in [0.15, 0.2) is 40.8 Å². The predicted molar refractivity (Wildman–Crippen MR) is 85.0 cm³/mol. The molecule has 0 spiro atoms. The molecule has 1 fully saturated rings. The van der Waals surface area contributed by atoms with Gasteiger partial charge in [0.25, 0.3) is 5.91 Å². The number of nitro groups is 1. The maximum atomic E-state index is 12.2. The fourth-order valence-electron chi connectivity index (χ4n) is 2.43. The highest BCUT2D eigenvalue weighted by Gasteiger charge is 2.21. The van der Waals surface area contributed by atoms with Crippen LogP contribution in [-0.4, -0.2) is 36.4 Å². The molecule has 1 saturated heterocycles. The lowest BCUT2D eigenvalue weighted by Gasteiger charge is -2.30. The molecule has 0 bridgehead atoms. The molecule has 2 aromatic rings. The number of rotatable bonds is 4. The van der Waals surface area contributed by atoms with Crippen molar-refractivity contribution in [3.8, 4) is 0 Å². The van der Waals surface area contributed by atoms with E-state index in [1.807, 2.05) is 4.90 Å². The van der Waals surface area contributed by atoms with E-state index >= 15 is 0 Å². The summed E-state index contributed by atoms with van der Waals surface area (Å²) < 4.78 is 4.89. The van der Waals surface area contributed by atoms with Crippen LogP contribution in [0.5, 0.6) is 0 Å². The summed E-state index contributed by atoms with van der Waals surface area (Å²) in [6.07, 6.45) is 0. The van der Waals surface area contributed by atoms with Gasteiger partial charge in [-0.1, -0.05) is 12.1 Å². The van der Waals surface area contributed by atoms with Gasteiger partial charge in [-0.3, -0.25) is 19.7 Å². The number of carbonyl (C=O) groups excluding carboxylic acids is 2. The minimum Gasteiger partial charge on any atom is -0.395 e. The van der Waals surface area contributed by atoms with Gasteiger partial charge in [0.15, 0.2) is 5.76 Å². The zero-order valence-corrected chi connectivity index (χ0v) is 12.5. The third-order valence-corrected chi connectivity index (χ3v) is 3.53. The van der Waals surface area contributed by atoms with Crippen LogP contribution in [-0.2, 0) is 4.79 Å². The Kier molecular flexibility index (Phi) is 4.15. The van der Waals surface area contributed by atoms with Crippen LogP contribution in [0.2, 0.25) is 0 Å². The van der Waals surface area contributed by atoms with E-state index in [9.17, 15) is 19.7 Å². The van der Waals surface area contributed by atoms with E-state index in [4.69, 9.17) is 4.42 Å². The summed E-state index contributed by atoms with van der Waals surface area (Å²) in [4.78, 5) is 35.5. The zero-order valence-electron chi connectivity index (χ0n) is 12.5. The first kappa shape index (κ1) is 15.5. The molecule has 0 unspecified atom stereocenters. The van der Waals surface area contributed by atoms with E-state index in [0.717, 1.165) is 6.07 Å². The van der Waals surface area contributed by atoms with Crippen LogP contribution < -0.4 is 15.5 Å². The number of piperazine rings is 1. The standard InChI is InChI=1S/C15H14N4O5/c20-13-9-18(8-7-16-13)11-4-2-1-3-10(11)17-15(21)12-5-6-14(24-12)19(22)23/h1-6H,7-9H2,(H,16,20)(H,17,21). The lowest BCUT2D eigenvalue weighted by Crippen LogP contribution is -2.47. The number of hydrogen-bond acceptors (Lipinski definition) is 6. The predicted octanol–water partition coefficient (Wildman–Crippen LogP) is 1.38. The third-order valence-electron chi connectivity index (χ3n) is 3.53. The molecule has 1 aromatic heterocycles. The fourth-order valence-corrected chi connectivity index (χ4v) is 2.43. The molecule has 9 heteroatoms. The van der Waals surface area contributed by atoms with Gasteiger partial charge >= 0.3 is 5.88 Å². The first-order valence-corrected chi connectivity index (χ1v) is 7.21. The zero-order chi connectivity index (χ0) is 17.1. The SMILES string of the molecule is O=C1CN(c2ccccc2NC(=O)c2ccc([N+](=O)[O-])o2)CCN1. The molecule has 1 aliphatic rings.